The molecule has 0 bridgehead atoms. The van der Waals surface area contributed by atoms with Crippen LogP contribution in [-0.4, -0.2) is 37.2 Å². The molecule has 0 aliphatic carbocycles. The zero-order valence-corrected chi connectivity index (χ0v) is 13.2. The van der Waals surface area contributed by atoms with E-state index in [4.69, 9.17) is 0 Å². The largest absolute Gasteiger partial charge is 0.368 e. The maximum atomic E-state index is 14.0. The molecule has 0 spiro atoms. The molecule has 0 amide bonds. The fourth-order valence-corrected chi connectivity index (χ4v) is 2.36. The number of halogens is 2. The Labute approximate surface area is 132 Å². The van der Waals surface area contributed by atoms with E-state index >= 15 is 0 Å². The summed E-state index contributed by atoms with van der Waals surface area (Å²) in [7, 11) is 0. The summed E-state index contributed by atoms with van der Waals surface area (Å²) in [4.78, 5) is 2.13. The van der Waals surface area contributed by atoms with Crippen LogP contribution in [0.2, 0.25) is 0 Å². The molecule has 5 nitrogen and oxygen atoms in total. The lowest BCUT2D eigenvalue weighted by Gasteiger charge is -2.36. The van der Waals surface area contributed by atoms with Crippen molar-refractivity contribution in [3.63, 3.8) is 0 Å². The third-order valence-electron chi connectivity index (χ3n) is 3.68. The summed E-state index contributed by atoms with van der Waals surface area (Å²) in [5.74, 6) is -1.51. The van der Waals surface area contributed by atoms with Gasteiger partial charge < -0.3 is 4.90 Å². The number of aromatic nitrogens is 4. The van der Waals surface area contributed by atoms with Crippen LogP contribution in [-0.2, 0) is 0 Å². The Morgan fingerprint density at radius 1 is 1.17 bits per heavy atom. The summed E-state index contributed by atoms with van der Waals surface area (Å²) in [6, 6.07) is 3.93. The van der Waals surface area contributed by atoms with Crippen molar-refractivity contribution in [2.75, 3.05) is 6.54 Å². The van der Waals surface area contributed by atoms with E-state index in [-0.39, 0.29) is 11.2 Å². The van der Waals surface area contributed by atoms with Crippen molar-refractivity contribution in [1.29, 1.82) is 0 Å². The second-order valence-corrected chi connectivity index (χ2v) is 6.32. The van der Waals surface area contributed by atoms with Crippen molar-refractivity contribution >= 4 is 5.57 Å². The summed E-state index contributed by atoms with van der Waals surface area (Å²) in [5, 5.41) is 11.4. The number of hydrogen-bond acceptors (Lipinski definition) is 4. The van der Waals surface area contributed by atoms with Gasteiger partial charge in [0.1, 0.15) is 5.69 Å². The molecule has 0 saturated carbocycles. The van der Waals surface area contributed by atoms with Crippen LogP contribution in [0.15, 0.2) is 36.6 Å². The van der Waals surface area contributed by atoms with E-state index in [1.54, 1.807) is 0 Å². The molecule has 3 rings (SSSR count). The van der Waals surface area contributed by atoms with Gasteiger partial charge in [-0.2, -0.15) is 4.68 Å². The molecule has 0 atom stereocenters. The van der Waals surface area contributed by atoms with Gasteiger partial charge in [-0.25, -0.2) is 8.78 Å². The first-order valence-corrected chi connectivity index (χ1v) is 7.25. The molecule has 0 fully saturated rings. The molecule has 23 heavy (non-hydrogen) atoms. The van der Waals surface area contributed by atoms with E-state index in [2.05, 4.69) is 41.2 Å². The maximum absolute atomic E-state index is 14.0. The topological polar surface area (TPSA) is 46.8 Å². The molecule has 2 heterocycles. The van der Waals surface area contributed by atoms with Gasteiger partial charge in [0.15, 0.2) is 17.5 Å². The summed E-state index contributed by atoms with van der Waals surface area (Å²) in [6.07, 6.45) is 5.76. The monoisotopic (exact) mass is 317 g/mol. The zero-order chi connectivity index (χ0) is 16.6. The standard InChI is InChI=1S/C16H17F2N5/c1-16(2,3)22-9-5-6-11(10-22)15-19-20-21-23(15)13-8-4-7-12(17)14(13)18/h4-9H,10H2,1-3H3. The Morgan fingerprint density at radius 3 is 2.70 bits per heavy atom. The van der Waals surface area contributed by atoms with Crippen LogP contribution in [0.3, 0.4) is 0 Å². The fraction of sp³-hybridized carbons (Fsp3) is 0.312. The highest BCUT2D eigenvalue weighted by molar-refractivity contribution is 5.65. The first kappa shape index (κ1) is 15.3. The van der Waals surface area contributed by atoms with Gasteiger partial charge in [0, 0.05) is 17.7 Å². The Hall–Kier alpha value is -2.57. The Morgan fingerprint density at radius 2 is 1.96 bits per heavy atom. The average molecular weight is 317 g/mol. The Bertz CT molecular complexity index is 786. The highest BCUT2D eigenvalue weighted by atomic mass is 19.2. The predicted molar refractivity (Wildman–Crippen MR) is 82.6 cm³/mol. The maximum Gasteiger partial charge on any atom is 0.185 e. The second kappa shape index (κ2) is 5.57. The van der Waals surface area contributed by atoms with Gasteiger partial charge in [-0.15, -0.1) is 5.10 Å². The van der Waals surface area contributed by atoms with Crippen LogP contribution >= 0.6 is 0 Å². The molecule has 0 unspecified atom stereocenters. The van der Waals surface area contributed by atoms with E-state index in [1.165, 1.54) is 16.8 Å². The van der Waals surface area contributed by atoms with Crippen LogP contribution in [0.25, 0.3) is 11.3 Å². The lowest BCUT2D eigenvalue weighted by Crippen LogP contribution is -2.39. The van der Waals surface area contributed by atoms with Crippen LogP contribution < -0.4 is 0 Å². The quantitative estimate of drug-likeness (QED) is 0.854. The highest BCUT2D eigenvalue weighted by Crippen LogP contribution is 2.25. The predicted octanol–water partition coefficient (Wildman–Crippen LogP) is 2.95. The highest BCUT2D eigenvalue weighted by Gasteiger charge is 2.24. The minimum atomic E-state index is -0.972. The number of tetrazole rings is 1. The van der Waals surface area contributed by atoms with Gasteiger partial charge in [-0.3, -0.25) is 0 Å². The SMILES string of the molecule is CC(C)(C)N1C=CC=C(c2nnnn2-c2cccc(F)c2F)C1. The van der Waals surface area contributed by atoms with E-state index in [1.807, 2.05) is 18.4 Å². The zero-order valence-electron chi connectivity index (χ0n) is 13.2. The van der Waals surface area contributed by atoms with Gasteiger partial charge in [0.2, 0.25) is 0 Å². The van der Waals surface area contributed by atoms with E-state index in [0.29, 0.717) is 12.4 Å². The molecule has 2 aromatic rings. The third-order valence-corrected chi connectivity index (χ3v) is 3.68. The molecular formula is C16H17F2N5. The minimum absolute atomic E-state index is 0.0113. The van der Waals surface area contributed by atoms with Crippen molar-refractivity contribution < 1.29 is 8.78 Å². The number of allylic oxidation sites excluding steroid dienone is 2. The molecule has 1 aliphatic rings. The van der Waals surface area contributed by atoms with Gasteiger partial charge in [-0.05, 0) is 55.6 Å². The Kier molecular flexibility index (Phi) is 3.71. The lowest BCUT2D eigenvalue weighted by atomic mass is 10.0. The van der Waals surface area contributed by atoms with Crippen LogP contribution in [0.4, 0.5) is 8.78 Å². The summed E-state index contributed by atoms with van der Waals surface area (Å²) in [6.45, 7) is 6.86. The van der Waals surface area contributed by atoms with Crippen LogP contribution in [0, 0.1) is 11.6 Å². The summed E-state index contributed by atoms with van der Waals surface area (Å²) >= 11 is 0. The minimum Gasteiger partial charge on any atom is -0.368 e. The summed E-state index contributed by atoms with van der Waals surface area (Å²) in [5.41, 5.74) is 0.747. The van der Waals surface area contributed by atoms with E-state index in [0.717, 1.165) is 11.6 Å². The van der Waals surface area contributed by atoms with Crippen molar-refractivity contribution in [3.8, 4) is 5.69 Å². The molecule has 0 radical (unpaired) electrons. The molecule has 0 N–H and O–H groups in total. The molecule has 120 valence electrons. The van der Waals surface area contributed by atoms with E-state index < -0.39 is 11.6 Å². The number of benzene rings is 1. The first-order valence-electron chi connectivity index (χ1n) is 7.25. The Balaban J connectivity index is 2.01. The van der Waals surface area contributed by atoms with E-state index in [9.17, 15) is 8.78 Å². The van der Waals surface area contributed by atoms with Gasteiger partial charge in [0.05, 0.1) is 0 Å². The number of nitrogens with zero attached hydrogens (tertiary/aromatic N) is 5. The van der Waals surface area contributed by atoms with Crippen LogP contribution in [0.5, 0.6) is 0 Å². The van der Waals surface area contributed by atoms with Gasteiger partial charge >= 0.3 is 0 Å². The number of hydrogen-bond donors (Lipinski definition) is 0. The van der Waals surface area contributed by atoms with Crippen molar-refractivity contribution in [3.05, 3.63) is 54.0 Å². The second-order valence-electron chi connectivity index (χ2n) is 6.32. The number of rotatable bonds is 2. The normalized spacial score (nSPS) is 15.0. The molecule has 1 aromatic carbocycles. The lowest BCUT2D eigenvalue weighted by molar-refractivity contribution is 0.227. The van der Waals surface area contributed by atoms with Crippen molar-refractivity contribution in [1.82, 2.24) is 25.1 Å². The van der Waals surface area contributed by atoms with Crippen LogP contribution in [0.1, 0.15) is 26.6 Å². The average Bonchev–Trinajstić information content (AvgIpc) is 2.98. The third kappa shape index (κ3) is 2.86. The molecule has 1 aliphatic heterocycles. The van der Waals surface area contributed by atoms with Crippen molar-refractivity contribution in [2.24, 2.45) is 0 Å². The molecule has 1 aromatic heterocycles. The molecular weight excluding hydrogens is 300 g/mol. The smallest absolute Gasteiger partial charge is 0.185 e. The van der Waals surface area contributed by atoms with Gasteiger partial charge in [0.25, 0.3) is 0 Å². The van der Waals surface area contributed by atoms with Crippen molar-refractivity contribution in [2.45, 2.75) is 26.3 Å². The van der Waals surface area contributed by atoms with Gasteiger partial charge in [-0.1, -0.05) is 12.1 Å². The molecule has 0 saturated heterocycles. The first-order chi connectivity index (χ1) is 10.9. The fourth-order valence-electron chi connectivity index (χ4n) is 2.36. The molecule has 7 heteroatoms. The summed E-state index contributed by atoms with van der Waals surface area (Å²) < 4.78 is 28.7.